The normalized spacial score (nSPS) is 21.1. The third kappa shape index (κ3) is 1.84. The Bertz CT molecular complexity index is 1130. The van der Waals surface area contributed by atoms with E-state index in [0.29, 0.717) is 6.54 Å². The van der Waals surface area contributed by atoms with E-state index >= 15 is 0 Å². The van der Waals surface area contributed by atoms with E-state index in [9.17, 15) is 9.59 Å². The highest BCUT2D eigenvalue weighted by Gasteiger charge is 2.59. The third-order valence-electron chi connectivity index (χ3n) is 6.06. The molecule has 5 rings (SSSR count). The van der Waals surface area contributed by atoms with Crippen molar-refractivity contribution in [2.75, 3.05) is 18.5 Å². The van der Waals surface area contributed by atoms with Crippen molar-refractivity contribution in [2.45, 2.75) is 25.8 Å². The molecule has 0 bridgehead atoms. The smallest absolute Gasteiger partial charge is 0.263 e. The molecule has 5 heteroatoms. The quantitative estimate of drug-likeness (QED) is 0.671. The van der Waals surface area contributed by atoms with E-state index in [1.807, 2.05) is 24.3 Å². The Labute approximate surface area is 157 Å². The maximum absolute atomic E-state index is 13.7. The molecule has 1 spiro atoms. The van der Waals surface area contributed by atoms with Gasteiger partial charge in [-0.15, -0.1) is 0 Å². The number of likely N-dealkylation sites (N-methyl/N-ethyl adjacent to an activating group) is 1. The Balaban J connectivity index is 1.92. The van der Waals surface area contributed by atoms with Crippen molar-refractivity contribution in [3.63, 3.8) is 0 Å². The van der Waals surface area contributed by atoms with Crippen LogP contribution in [0.25, 0.3) is 10.9 Å². The average Bonchev–Trinajstić information content (AvgIpc) is 3.13. The van der Waals surface area contributed by atoms with Crippen LogP contribution in [-0.2, 0) is 21.5 Å². The van der Waals surface area contributed by atoms with Crippen molar-refractivity contribution >= 4 is 28.4 Å². The van der Waals surface area contributed by atoms with Gasteiger partial charge in [-0.05, 0) is 37.1 Å². The highest BCUT2D eigenvalue weighted by atomic mass is 16.2. The first-order chi connectivity index (χ1) is 13.0. The number of nitrogens with zero attached hydrogens (tertiary/aromatic N) is 2. The lowest BCUT2D eigenvalue weighted by atomic mass is 9.79. The molecule has 3 aromatic rings. The van der Waals surface area contributed by atoms with Crippen LogP contribution in [-0.4, -0.2) is 35.3 Å². The Kier molecular flexibility index (Phi) is 3.12. The predicted molar refractivity (Wildman–Crippen MR) is 105 cm³/mol. The minimum absolute atomic E-state index is 0.0804. The molecule has 3 heterocycles. The fraction of sp³-hybridized carbons (Fsp3) is 0.273. The molecule has 0 fully saturated rings. The van der Waals surface area contributed by atoms with E-state index in [4.69, 9.17) is 0 Å². The second kappa shape index (κ2) is 5.22. The summed E-state index contributed by atoms with van der Waals surface area (Å²) in [5, 5.41) is 1.15. The second-order valence-corrected chi connectivity index (χ2v) is 7.54. The van der Waals surface area contributed by atoms with Crippen molar-refractivity contribution < 1.29 is 9.59 Å². The van der Waals surface area contributed by atoms with E-state index < -0.39 is 5.54 Å². The summed E-state index contributed by atoms with van der Waals surface area (Å²) >= 11 is 0. The summed E-state index contributed by atoms with van der Waals surface area (Å²) in [6.07, 6.45) is 0.735. The van der Waals surface area contributed by atoms with Crippen molar-refractivity contribution in [1.29, 1.82) is 0 Å². The number of H-pyrrole nitrogens is 1. The van der Waals surface area contributed by atoms with Crippen LogP contribution < -0.4 is 4.90 Å². The van der Waals surface area contributed by atoms with Crippen LogP contribution in [0.15, 0.2) is 42.5 Å². The van der Waals surface area contributed by atoms with Gasteiger partial charge in [0, 0.05) is 42.7 Å². The van der Waals surface area contributed by atoms with Crippen molar-refractivity contribution in [3.8, 4) is 0 Å². The fourth-order valence-corrected chi connectivity index (χ4v) is 4.89. The maximum atomic E-state index is 13.7. The minimum Gasteiger partial charge on any atom is -0.355 e. The van der Waals surface area contributed by atoms with E-state index in [-0.39, 0.29) is 11.8 Å². The standard InChI is InChI=1S/C22H21N3O2/c1-13-8-9-18-16(12-13)15-10-11-25(14(2)26)22(20(15)23-18)17-6-4-5-7-19(17)24(3)21(22)27/h4-9,12,23H,10-11H2,1-3H3. The number of aryl methyl sites for hydroxylation is 1. The first kappa shape index (κ1) is 16.1. The van der Waals surface area contributed by atoms with Crippen molar-refractivity contribution in [2.24, 2.45) is 0 Å². The molecule has 1 aromatic heterocycles. The zero-order valence-corrected chi connectivity index (χ0v) is 15.7. The van der Waals surface area contributed by atoms with Crippen LogP contribution >= 0.6 is 0 Å². The van der Waals surface area contributed by atoms with Gasteiger partial charge >= 0.3 is 0 Å². The van der Waals surface area contributed by atoms with Crippen LogP contribution in [0.1, 0.15) is 29.3 Å². The van der Waals surface area contributed by atoms with Crippen LogP contribution in [0.4, 0.5) is 5.69 Å². The predicted octanol–water partition coefficient (Wildman–Crippen LogP) is 3.10. The lowest BCUT2D eigenvalue weighted by Crippen LogP contribution is -2.58. The van der Waals surface area contributed by atoms with E-state index in [1.54, 1.807) is 23.8 Å². The molecule has 27 heavy (non-hydrogen) atoms. The summed E-state index contributed by atoms with van der Waals surface area (Å²) in [5.74, 6) is -0.169. The van der Waals surface area contributed by atoms with Gasteiger partial charge in [-0.3, -0.25) is 9.59 Å². The van der Waals surface area contributed by atoms with Gasteiger partial charge < -0.3 is 14.8 Å². The first-order valence-corrected chi connectivity index (χ1v) is 9.24. The SMILES string of the molecule is CC(=O)N1CCc2c([nH]c3ccc(C)cc23)C12C(=O)N(C)c1ccccc12. The second-order valence-electron chi connectivity index (χ2n) is 7.54. The fourth-order valence-electron chi connectivity index (χ4n) is 4.89. The molecule has 0 saturated heterocycles. The number of aromatic amines is 1. The number of carbonyl (C=O) groups is 2. The number of carbonyl (C=O) groups excluding carboxylic acids is 2. The molecule has 1 N–H and O–H groups in total. The van der Waals surface area contributed by atoms with E-state index in [0.717, 1.165) is 39.8 Å². The minimum atomic E-state index is -1.11. The molecular formula is C22H21N3O2. The summed E-state index contributed by atoms with van der Waals surface area (Å²) in [6.45, 7) is 4.15. The highest BCUT2D eigenvalue weighted by Crippen LogP contribution is 2.51. The average molecular weight is 359 g/mol. The topological polar surface area (TPSA) is 56.4 Å². The van der Waals surface area contributed by atoms with Crippen molar-refractivity contribution in [1.82, 2.24) is 9.88 Å². The number of aromatic nitrogens is 1. The van der Waals surface area contributed by atoms with Gasteiger partial charge in [0.15, 0.2) is 5.54 Å². The number of fused-ring (bicyclic) bond motifs is 6. The number of benzene rings is 2. The molecule has 0 aliphatic carbocycles. The van der Waals surface area contributed by atoms with E-state index in [2.05, 4.69) is 30.1 Å². The molecule has 136 valence electrons. The number of hydrogen-bond donors (Lipinski definition) is 1. The first-order valence-electron chi connectivity index (χ1n) is 9.24. The summed E-state index contributed by atoms with van der Waals surface area (Å²) in [5.41, 5.74) is 4.79. The van der Waals surface area contributed by atoms with Crippen LogP contribution in [0, 0.1) is 6.92 Å². The molecule has 2 aliphatic rings. The molecule has 2 amide bonds. The van der Waals surface area contributed by atoms with Gasteiger partial charge in [0.05, 0.1) is 5.69 Å². The number of para-hydroxylation sites is 1. The molecule has 5 nitrogen and oxygen atoms in total. The summed E-state index contributed by atoms with van der Waals surface area (Å²) in [6, 6.07) is 14.1. The zero-order chi connectivity index (χ0) is 18.9. The van der Waals surface area contributed by atoms with Crippen LogP contribution in [0.3, 0.4) is 0 Å². The summed E-state index contributed by atoms with van der Waals surface area (Å²) in [4.78, 5) is 33.2. The number of anilines is 1. The molecule has 0 radical (unpaired) electrons. The Morgan fingerprint density at radius 3 is 2.74 bits per heavy atom. The molecule has 1 atom stereocenters. The van der Waals surface area contributed by atoms with Gasteiger partial charge in [-0.25, -0.2) is 0 Å². The lowest BCUT2D eigenvalue weighted by molar-refractivity contribution is -0.143. The molecule has 0 saturated carbocycles. The number of hydrogen-bond acceptors (Lipinski definition) is 2. The Morgan fingerprint density at radius 2 is 1.96 bits per heavy atom. The van der Waals surface area contributed by atoms with E-state index in [1.165, 1.54) is 5.56 Å². The maximum Gasteiger partial charge on any atom is 0.263 e. The molecule has 1 unspecified atom stereocenters. The largest absolute Gasteiger partial charge is 0.355 e. The summed E-state index contributed by atoms with van der Waals surface area (Å²) < 4.78 is 0. The van der Waals surface area contributed by atoms with Gasteiger partial charge in [0.1, 0.15) is 0 Å². The van der Waals surface area contributed by atoms with Gasteiger partial charge in [0.25, 0.3) is 5.91 Å². The van der Waals surface area contributed by atoms with Gasteiger partial charge in [0.2, 0.25) is 5.91 Å². The van der Waals surface area contributed by atoms with Crippen LogP contribution in [0.2, 0.25) is 0 Å². The zero-order valence-electron chi connectivity index (χ0n) is 15.7. The monoisotopic (exact) mass is 359 g/mol. The van der Waals surface area contributed by atoms with Gasteiger partial charge in [-0.2, -0.15) is 0 Å². The van der Waals surface area contributed by atoms with Crippen molar-refractivity contribution in [3.05, 3.63) is 64.8 Å². The molecule has 2 aromatic carbocycles. The molecular weight excluding hydrogens is 338 g/mol. The highest BCUT2D eigenvalue weighted by molar-refractivity contribution is 6.12. The number of amides is 2. The number of nitrogens with one attached hydrogen (secondary N) is 1. The Morgan fingerprint density at radius 1 is 1.19 bits per heavy atom. The Hall–Kier alpha value is -3.08. The lowest BCUT2D eigenvalue weighted by Gasteiger charge is -2.43. The molecule has 2 aliphatic heterocycles. The summed E-state index contributed by atoms with van der Waals surface area (Å²) in [7, 11) is 1.79. The van der Waals surface area contributed by atoms with Gasteiger partial charge in [-0.1, -0.05) is 29.8 Å². The van der Waals surface area contributed by atoms with Crippen LogP contribution in [0.5, 0.6) is 0 Å². The number of rotatable bonds is 0. The third-order valence-corrected chi connectivity index (χ3v) is 6.06.